The molecule has 1 aromatic carbocycles. The van der Waals surface area contributed by atoms with Crippen LogP contribution in [-0.4, -0.2) is 31.4 Å². The standard InChI is InChI=1S/C17H22O4/c1-6-15(11(2)12(3)20-4)16(18)13-7-9-14(10-8-13)17(19)21-5/h6-10,12,15-16,18H,1-2H2,3-5H3/t12-,15-,16-/m1/s1. The number of carbonyl (C=O) groups excluding carboxylic acids is 1. The van der Waals surface area contributed by atoms with Gasteiger partial charge in [0, 0.05) is 13.0 Å². The van der Waals surface area contributed by atoms with Gasteiger partial charge in [0.05, 0.1) is 24.9 Å². The van der Waals surface area contributed by atoms with Crippen LogP contribution in [0.2, 0.25) is 0 Å². The SMILES string of the molecule is C=C[C@H](C(=C)[C@@H](C)OC)[C@H](O)c1ccc(C(=O)OC)cc1. The highest BCUT2D eigenvalue weighted by atomic mass is 16.5. The number of carbonyl (C=O) groups is 1. The minimum absolute atomic E-state index is 0.183. The van der Waals surface area contributed by atoms with Crippen LogP contribution < -0.4 is 0 Å². The van der Waals surface area contributed by atoms with Crippen LogP contribution in [0.4, 0.5) is 0 Å². The third kappa shape index (κ3) is 4.03. The third-order valence-corrected chi connectivity index (χ3v) is 3.57. The highest BCUT2D eigenvalue weighted by Gasteiger charge is 2.24. The normalized spacial score (nSPS) is 14.9. The van der Waals surface area contributed by atoms with E-state index in [-0.39, 0.29) is 12.0 Å². The summed E-state index contributed by atoms with van der Waals surface area (Å²) in [6, 6.07) is 6.62. The molecule has 0 aromatic heterocycles. The second kappa shape index (κ2) is 7.76. The Bertz CT molecular complexity index is 504. The molecule has 0 bridgehead atoms. The lowest BCUT2D eigenvalue weighted by atomic mass is 9.87. The summed E-state index contributed by atoms with van der Waals surface area (Å²) in [6.07, 6.45) is 0.674. The Labute approximate surface area is 125 Å². The van der Waals surface area contributed by atoms with E-state index in [1.54, 1.807) is 37.5 Å². The maximum atomic E-state index is 11.4. The number of hydrogen-bond acceptors (Lipinski definition) is 4. The summed E-state index contributed by atoms with van der Waals surface area (Å²) in [6.45, 7) is 9.59. The van der Waals surface area contributed by atoms with Gasteiger partial charge in [0.15, 0.2) is 0 Å². The van der Waals surface area contributed by atoms with Gasteiger partial charge in [-0.2, -0.15) is 0 Å². The Balaban J connectivity index is 2.95. The smallest absolute Gasteiger partial charge is 0.337 e. The first-order chi connectivity index (χ1) is 9.96. The Hall–Kier alpha value is -1.91. The number of methoxy groups -OCH3 is 2. The summed E-state index contributed by atoms with van der Waals surface area (Å²) in [7, 11) is 2.92. The molecule has 21 heavy (non-hydrogen) atoms. The van der Waals surface area contributed by atoms with Crippen molar-refractivity contribution in [1.29, 1.82) is 0 Å². The van der Waals surface area contributed by atoms with Gasteiger partial charge >= 0.3 is 5.97 Å². The summed E-state index contributed by atoms with van der Waals surface area (Å²) in [4.78, 5) is 11.4. The van der Waals surface area contributed by atoms with Gasteiger partial charge in [-0.1, -0.05) is 24.8 Å². The number of hydrogen-bond donors (Lipinski definition) is 1. The maximum Gasteiger partial charge on any atom is 0.337 e. The van der Waals surface area contributed by atoms with Gasteiger partial charge in [-0.15, -0.1) is 6.58 Å². The first-order valence-corrected chi connectivity index (χ1v) is 6.66. The Morgan fingerprint density at radius 1 is 1.29 bits per heavy atom. The van der Waals surface area contributed by atoms with E-state index >= 15 is 0 Å². The van der Waals surface area contributed by atoms with Crippen molar-refractivity contribution in [3.05, 3.63) is 60.2 Å². The van der Waals surface area contributed by atoms with E-state index in [9.17, 15) is 9.90 Å². The Morgan fingerprint density at radius 2 is 1.86 bits per heavy atom. The fraction of sp³-hybridized carbons (Fsp3) is 0.353. The van der Waals surface area contributed by atoms with Crippen LogP contribution in [-0.2, 0) is 9.47 Å². The first-order valence-electron chi connectivity index (χ1n) is 6.66. The fourth-order valence-corrected chi connectivity index (χ4v) is 2.05. The van der Waals surface area contributed by atoms with Crippen molar-refractivity contribution in [2.24, 2.45) is 5.92 Å². The van der Waals surface area contributed by atoms with Crippen LogP contribution in [0.3, 0.4) is 0 Å². The first kappa shape index (κ1) is 17.1. The van der Waals surface area contributed by atoms with Crippen LogP contribution in [0.15, 0.2) is 49.1 Å². The van der Waals surface area contributed by atoms with E-state index in [2.05, 4.69) is 17.9 Å². The Morgan fingerprint density at radius 3 is 2.29 bits per heavy atom. The minimum atomic E-state index is -0.792. The van der Waals surface area contributed by atoms with E-state index < -0.39 is 12.1 Å². The molecule has 0 heterocycles. The van der Waals surface area contributed by atoms with Crippen LogP contribution >= 0.6 is 0 Å². The van der Waals surface area contributed by atoms with Gasteiger partial charge < -0.3 is 14.6 Å². The molecule has 4 heteroatoms. The van der Waals surface area contributed by atoms with Crippen LogP contribution in [0.25, 0.3) is 0 Å². The second-order valence-electron chi connectivity index (χ2n) is 4.77. The number of benzene rings is 1. The maximum absolute atomic E-state index is 11.4. The number of aliphatic hydroxyl groups excluding tert-OH is 1. The summed E-state index contributed by atoms with van der Waals surface area (Å²) >= 11 is 0. The number of esters is 1. The highest BCUT2D eigenvalue weighted by Crippen LogP contribution is 2.30. The molecule has 0 fully saturated rings. The van der Waals surface area contributed by atoms with E-state index in [0.717, 1.165) is 5.57 Å². The molecule has 3 atom stereocenters. The van der Waals surface area contributed by atoms with Crippen molar-refractivity contribution in [1.82, 2.24) is 0 Å². The predicted molar refractivity (Wildman–Crippen MR) is 82.0 cm³/mol. The molecule has 1 N–H and O–H groups in total. The van der Waals surface area contributed by atoms with Gasteiger partial charge in [0.25, 0.3) is 0 Å². The van der Waals surface area contributed by atoms with Crippen LogP contribution in [0, 0.1) is 5.92 Å². The van der Waals surface area contributed by atoms with E-state index in [0.29, 0.717) is 11.1 Å². The third-order valence-electron chi connectivity index (χ3n) is 3.57. The van der Waals surface area contributed by atoms with Gasteiger partial charge in [0.1, 0.15) is 0 Å². The molecular weight excluding hydrogens is 268 g/mol. The number of aliphatic hydroxyl groups is 1. The van der Waals surface area contributed by atoms with Gasteiger partial charge in [-0.3, -0.25) is 0 Å². The lowest BCUT2D eigenvalue weighted by Crippen LogP contribution is -2.20. The van der Waals surface area contributed by atoms with E-state index in [1.807, 2.05) is 6.92 Å². The molecule has 0 saturated carbocycles. The molecule has 1 aromatic rings. The van der Waals surface area contributed by atoms with Crippen molar-refractivity contribution in [2.75, 3.05) is 14.2 Å². The molecule has 0 unspecified atom stereocenters. The van der Waals surface area contributed by atoms with Gasteiger partial charge in [-0.05, 0) is 30.2 Å². The molecule has 0 aliphatic rings. The molecule has 0 aliphatic heterocycles. The van der Waals surface area contributed by atoms with Gasteiger partial charge in [-0.25, -0.2) is 4.79 Å². The van der Waals surface area contributed by atoms with Crippen molar-refractivity contribution >= 4 is 5.97 Å². The molecule has 1 rings (SSSR count). The zero-order valence-electron chi connectivity index (χ0n) is 12.7. The molecule has 0 saturated heterocycles. The molecule has 0 aliphatic carbocycles. The average molecular weight is 290 g/mol. The van der Waals surface area contributed by atoms with Gasteiger partial charge in [0.2, 0.25) is 0 Å². The topological polar surface area (TPSA) is 55.8 Å². The molecule has 114 valence electrons. The lowest BCUT2D eigenvalue weighted by Gasteiger charge is -2.25. The van der Waals surface area contributed by atoms with Crippen LogP contribution in [0.5, 0.6) is 0 Å². The average Bonchev–Trinajstić information content (AvgIpc) is 2.53. The summed E-state index contributed by atoms with van der Waals surface area (Å²) < 4.78 is 9.87. The molecule has 0 radical (unpaired) electrons. The number of ether oxygens (including phenoxy) is 2. The molecular formula is C17H22O4. The van der Waals surface area contributed by atoms with Crippen molar-refractivity contribution in [2.45, 2.75) is 19.1 Å². The number of rotatable bonds is 7. The fourth-order valence-electron chi connectivity index (χ4n) is 2.05. The van der Waals surface area contributed by atoms with Crippen molar-refractivity contribution in [3.8, 4) is 0 Å². The highest BCUT2D eigenvalue weighted by molar-refractivity contribution is 5.89. The molecule has 0 spiro atoms. The molecule has 4 nitrogen and oxygen atoms in total. The second-order valence-corrected chi connectivity index (χ2v) is 4.77. The minimum Gasteiger partial charge on any atom is -0.465 e. The monoisotopic (exact) mass is 290 g/mol. The van der Waals surface area contributed by atoms with E-state index in [1.165, 1.54) is 7.11 Å². The quantitative estimate of drug-likeness (QED) is 0.619. The summed E-state index contributed by atoms with van der Waals surface area (Å²) in [5.74, 6) is -0.738. The summed E-state index contributed by atoms with van der Waals surface area (Å²) in [5, 5.41) is 10.5. The zero-order chi connectivity index (χ0) is 16.0. The predicted octanol–water partition coefficient (Wildman–Crippen LogP) is 2.90. The molecule has 0 amide bonds. The van der Waals surface area contributed by atoms with E-state index in [4.69, 9.17) is 4.74 Å². The summed E-state index contributed by atoms with van der Waals surface area (Å²) in [5.41, 5.74) is 1.86. The van der Waals surface area contributed by atoms with Crippen LogP contribution in [0.1, 0.15) is 28.9 Å². The zero-order valence-corrected chi connectivity index (χ0v) is 12.7. The van der Waals surface area contributed by atoms with Crippen molar-refractivity contribution < 1.29 is 19.4 Å². The van der Waals surface area contributed by atoms with Crippen molar-refractivity contribution in [3.63, 3.8) is 0 Å². The lowest BCUT2D eigenvalue weighted by molar-refractivity contribution is 0.0600. The Kier molecular flexibility index (Phi) is 6.34. The largest absolute Gasteiger partial charge is 0.465 e.